The molecule has 1 aromatic carbocycles. The van der Waals surface area contributed by atoms with Crippen LogP contribution in [0.4, 0.5) is 15.0 Å². The number of hydrogen-bond acceptors (Lipinski definition) is 5. The molecule has 0 fully saturated rings. The summed E-state index contributed by atoms with van der Waals surface area (Å²) in [5.41, 5.74) is 3.25. The van der Waals surface area contributed by atoms with E-state index in [4.69, 9.17) is 4.74 Å². The first-order valence-corrected chi connectivity index (χ1v) is 11.5. The van der Waals surface area contributed by atoms with E-state index in [2.05, 4.69) is 20.3 Å². The SMILES string of the molecule is C[C@@H](C(=O)Nc1ccc2c(-c3ccncc3)c(-c3ccc(F)cc3)[nH]c2n1)N(C)C(=O)OC(C)(C)C. The zero-order valence-corrected chi connectivity index (χ0v) is 20.8. The molecule has 4 aromatic rings. The normalized spacial score (nSPS) is 12.3. The van der Waals surface area contributed by atoms with Crippen molar-refractivity contribution < 1.29 is 18.7 Å². The number of amides is 2. The van der Waals surface area contributed by atoms with E-state index < -0.39 is 23.6 Å². The summed E-state index contributed by atoms with van der Waals surface area (Å²) in [5, 5.41) is 3.60. The number of pyridine rings is 2. The first-order chi connectivity index (χ1) is 17.0. The highest BCUT2D eigenvalue weighted by atomic mass is 19.1. The Morgan fingerprint density at radius 3 is 2.33 bits per heavy atom. The van der Waals surface area contributed by atoms with Gasteiger partial charge in [0.1, 0.15) is 28.9 Å². The Bertz CT molecular complexity index is 1390. The molecule has 0 saturated heterocycles. The van der Waals surface area contributed by atoms with Crippen molar-refractivity contribution in [2.24, 2.45) is 0 Å². The van der Waals surface area contributed by atoms with Crippen molar-refractivity contribution >= 4 is 28.9 Å². The summed E-state index contributed by atoms with van der Waals surface area (Å²) in [6.07, 6.45) is 2.81. The molecule has 0 saturated carbocycles. The number of anilines is 1. The van der Waals surface area contributed by atoms with Crippen molar-refractivity contribution in [1.29, 1.82) is 0 Å². The number of nitrogens with zero attached hydrogens (tertiary/aromatic N) is 3. The van der Waals surface area contributed by atoms with Crippen molar-refractivity contribution in [3.05, 3.63) is 66.7 Å². The van der Waals surface area contributed by atoms with Crippen LogP contribution in [-0.4, -0.2) is 50.5 Å². The average molecular weight is 490 g/mol. The molecule has 0 radical (unpaired) electrons. The summed E-state index contributed by atoms with van der Waals surface area (Å²) in [7, 11) is 1.51. The zero-order chi connectivity index (χ0) is 26.0. The highest BCUT2D eigenvalue weighted by Gasteiger charge is 2.27. The Balaban J connectivity index is 1.65. The Morgan fingerprint density at radius 1 is 1.03 bits per heavy atom. The van der Waals surface area contributed by atoms with Crippen LogP contribution in [0, 0.1) is 5.82 Å². The lowest BCUT2D eigenvalue weighted by atomic mass is 10.00. The van der Waals surface area contributed by atoms with Gasteiger partial charge in [0.25, 0.3) is 0 Å². The number of carbonyl (C=O) groups is 2. The van der Waals surface area contributed by atoms with Gasteiger partial charge in [0.15, 0.2) is 0 Å². The van der Waals surface area contributed by atoms with Gasteiger partial charge >= 0.3 is 6.09 Å². The summed E-state index contributed by atoms with van der Waals surface area (Å²) in [6.45, 7) is 6.90. The molecule has 0 spiro atoms. The Morgan fingerprint density at radius 2 is 1.69 bits per heavy atom. The fraction of sp³-hybridized carbons (Fsp3) is 0.259. The molecule has 2 N–H and O–H groups in total. The molecule has 3 aromatic heterocycles. The third kappa shape index (κ3) is 5.35. The Kier molecular flexibility index (Phi) is 6.74. The van der Waals surface area contributed by atoms with Crippen molar-refractivity contribution in [2.75, 3.05) is 12.4 Å². The van der Waals surface area contributed by atoms with Crippen molar-refractivity contribution in [3.63, 3.8) is 0 Å². The quantitative estimate of drug-likeness (QED) is 0.379. The second kappa shape index (κ2) is 9.77. The van der Waals surface area contributed by atoms with Crippen LogP contribution in [0.25, 0.3) is 33.4 Å². The minimum Gasteiger partial charge on any atom is -0.444 e. The van der Waals surface area contributed by atoms with E-state index in [9.17, 15) is 14.0 Å². The zero-order valence-electron chi connectivity index (χ0n) is 20.8. The van der Waals surface area contributed by atoms with Gasteiger partial charge in [-0.3, -0.25) is 14.7 Å². The first-order valence-electron chi connectivity index (χ1n) is 11.5. The van der Waals surface area contributed by atoms with Crippen LogP contribution in [0.5, 0.6) is 0 Å². The monoisotopic (exact) mass is 489 g/mol. The predicted molar refractivity (Wildman–Crippen MR) is 137 cm³/mol. The van der Waals surface area contributed by atoms with Gasteiger partial charge in [-0.25, -0.2) is 14.2 Å². The molecule has 0 aliphatic rings. The maximum atomic E-state index is 13.6. The number of hydrogen-bond donors (Lipinski definition) is 2. The topological polar surface area (TPSA) is 100 Å². The van der Waals surface area contributed by atoms with E-state index in [1.54, 1.807) is 58.3 Å². The first kappa shape index (κ1) is 24.8. The third-order valence-electron chi connectivity index (χ3n) is 5.65. The highest BCUT2D eigenvalue weighted by molar-refractivity contribution is 6.03. The molecule has 36 heavy (non-hydrogen) atoms. The molecule has 2 amide bonds. The van der Waals surface area contributed by atoms with Crippen LogP contribution in [-0.2, 0) is 9.53 Å². The van der Waals surface area contributed by atoms with Crippen LogP contribution in [0.1, 0.15) is 27.7 Å². The number of H-pyrrole nitrogens is 1. The number of ether oxygens (including phenoxy) is 1. The summed E-state index contributed by atoms with van der Waals surface area (Å²) >= 11 is 0. The van der Waals surface area contributed by atoms with Crippen LogP contribution >= 0.6 is 0 Å². The van der Waals surface area contributed by atoms with Gasteiger partial charge in [-0.05, 0) is 87.4 Å². The van der Waals surface area contributed by atoms with Gasteiger partial charge in [-0.1, -0.05) is 0 Å². The fourth-order valence-corrected chi connectivity index (χ4v) is 3.69. The lowest BCUT2D eigenvalue weighted by Gasteiger charge is -2.28. The Hall–Kier alpha value is -4.27. The van der Waals surface area contributed by atoms with E-state index in [0.717, 1.165) is 27.8 Å². The summed E-state index contributed by atoms with van der Waals surface area (Å²) in [4.78, 5) is 38.4. The number of halogens is 1. The fourth-order valence-electron chi connectivity index (χ4n) is 3.69. The minimum absolute atomic E-state index is 0.324. The highest BCUT2D eigenvalue weighted by Crippen LogP contribution is 2.38. The number of fused-ring (bicyclic) bond motifs is 1. The van der Waals surface area contributed by atoms with Crippen LogP contribution in [0.15, 0.2) is 60.9 Å². The number of aromatic nitrogens is 3. The van der Waals surface area contributed by atoms with Crippen LogP contribution in [0.2, 0.25) is 0 Å². The maximum absolute atomic E-state index is 13.6. The average Bonchev–Trinajstić information content (AvgIpc) is 3.21. The van der Waals surface area contributed by atoms with E-state index in [1.165, 1.54) is 24.1 Å². The predicted octanol–water partition coefficient (Wildman–Crippen LogP) is 5.62. The number of nitrogens with one attached hydrogen (secondary N) is 2. The van der Waals surface area contributed by atoms with Crippen molar-refractivity contribution in [2.45, 2.75) is 39.3 Å². The van der Waals surface area contributed by atoms with Gasteiger partial charge in [0, 0.05) is 30.4 Å². The molecule has 4 rings (SSSR count). The third-order valence-corrected chi connectivity index (χ3v) is 5.65. The molecule has 186 valence electrons. The van der Waals surface area contributed by atoms with E-state index in [0.29, 0.717) is 11.5 Å². The molecule has 0 bridgehead atoms. The van der Waals surface area contributed by atoms with E-state index in [1.807, 2.05) is 18.2 Å². The number of rotatable bonds is 5. The molecule has 1 atom stereocenters. The maximum Gasteiger partial charge on any atom is 0.410 e. The minimum atomic E-state index is -0.789. The van der Waals surface area contributed by atoms with Crippen LogP contribution in [0.3, 0.4) is 0 Å². The van der Waals surface area contributed by atoms with Crippen LogP contribution < -0.4 is 5.32 Å². The summed E-state index contributed by atoms with van der Waals surface area (Å²) in [6, 6.07) is 12.7. The van der Waals surface area contributed by atoms with Crippen molar-refractivity contribution in [3.8, 4) is 22.4 Å². The molecule has 8 nitrogen and oxygen atoms in total. The van der Waals surface area contributed by atoms with Gasteiger partial charge in [0.2, 0.25) is 5.91 Å². The number of carbonyl (C=O) groups excluding carboxylic acids is 2. The number of aromatic amines is 1. The molecular formula is C27H28FN5O3. The van der Waals surface area contributed by atoms with Gasteiger partial charge in [-0.2, -0.15) is 0 Å². The van der Waals surface area contributed by atoms with Crippen molar-refractivity contribution in [1.82, 2.24) is 19.9 Å². The second-order valence-electron chi connectivity index (χ2n) is 9.47. The summed E-state index contributed by atoms with van der Waals surface area (Å²) < 4.78 is 18.9. The number of likely N-dealkylation sites (N-methyl/N-ethyl adjacent to an activating group) is 1. The lowest BCUT2D eigenvalue weighted by Crippen LogP contribution is -2.45. The van der Waals surface area contributed by atoms with E-state index in [-0.39, 0.29) is 5.82 Å². The number of benzene rings is 1. The largest absolute Gasteiger partial charge is 0.444 e. The molecule has 0 aliphatic heterocycles. The van der Waals surface area contributed by atoms with Gasteiger partial charge < -0.3 is 15.0 Å². The lowest BCUT2D eigenvalue weighted by molar-refractivity contribution is -0.120. The van der Waals surface area contributed by atoms with E-state index >= 15 is 0 Å². The second-order valence-corrected chi connectivity index (χ2v) is 9.47. The molecule has 0 aliphatic carbocycles. The molecular weight excluding hydrogens is 461 g/mol. The standard InChI is InChI=1S/C27H28FN5O3/c1-16(33(5)26(35)36-27(2,3)4)25(34)31-21-11-10-20-22(17-12-14-29-15-13-17)23(32-24(20)30-21)18-6-8-19(28)9-7-18/h6-16H,1-5H3,(H2,30,31,32,34)/t16-/m0/s1. The molecule has 3 heterocycles. The molecule has 0 unspecified atom stereocenters. The van der Waals surface area contributed by atoms with Gasteiger partial charge in [0.05, 0.1) is 5.69 Å². The summed E-state index contributed by atoms with van der Waals surface area (Å²) in [5.74, 6) is -0.408. The Labute approximate surface area is 208 Å². The smallest absolute Gasteiger partial charge is 0.410 e. The molecule has 9 heteroatoms. The van der Waals surface area contributed by atoms with Gasteiger partial charge in [-0.15, -0.1) is 0 Å².